The van der Waals surface area contributed by atoms with Crippen molar-refractivity contribution in [1.82, 2.24) is 43.6 Å². The van der Waals surface area contributed by atoms with Crippen molar-refractivity contribution < 1.29 is 24.0 Å². The summed E-state index contributed by atoms with van der Waals surface area (Å²) in [5, 5.41) is 14.6. The van der Waals surface area contributed by atoms with Gasteiger partial charge in [-0.2, -0.15) is 10.2 Å². The molecule has 0 atom stereocenters. The first-order chi connectivity index (χ1) is 27.3. The van der Waals surface area contributed by atoms with Crippen LogP contribution in [0.1, 0.15) is 86.2 Å². The van der Waals surface area contributed by atoms with E-state index in [-0.39, 0.29) is 35.8 Å². The molecule has 0 aliphatic carbocycles. The van der Waals surface area contributed by atoms with E-state index in [4.69, 9.17) is 11.5 Å². The number of nitrogens with zero attached hydrogens (tertiary/aromatic N) is 9. The number of carbonyl (C=O) groups excluding carboxylic acids is 5. The van der Waals surface area contributed by atoms with Gasteiger partial charge in [-0.15, -0.1) is 0 Å². The SMILES string of the molecule is CCn1nc(C)cc1C(=O)Nc1nc2cc(C(N)=O)ccc2n1CCC1CCN(C(=O)Cn2c(NC(=O)c3cc(C)nn3CC)nc3cc(C(N)=O)ccc32)CC1. The van der Waals surface area contributed by atoms with Gasteiger partial charge in [0.2, 0.25) is 29.6 Å². The number of hydrogen-bond donors (Lipinski definition) is 4. The molecule has 18 heteroatoms. The number of aryl methyl sites for hydroxylation is 5. The summed E-state index contributed by atoms with van der Waals surface area (Å²) in [7, 11) is 0. The maximum atomic E-state index is 13.9. The lowest BCUT2D eigenvalue weighted by Gasteiger charge is -2.32. The second-order valence-electron chi connectivity index (χ2n) is 14.2. The molecule has 7 rings (SSSR count). The molecule has 2 aromatic carbocycles. The molecule has 0 bridgehead atoms. The molecular weight excluding hydrogens is 731 g/mol. The normalized spacial score (nSPS) is 13.4. The predicted octanol–water partition coefficient (Wildman–Crippen LogP) is 3.47. The number of imidazole rings is 2. The van der Waals surface area contributed by atoms with Gasteiger partial charge in [-0.3, -0.25) is 44.0 Å². The van der Waals surface area contributed by atoms with Gasteiger partial charge in [-0.05, 0) is 101 Å². The molecule has 1 aliphatic rings. The van der Waals surface area contributed by atoms with E-state index in [1.54, 1.807) is 69.4 Å². The molecule has 1 saturated heterocycles. The number of carbonyl (C=O) groups is 5. The van der Waals surface area contributed by atoms with Crippen molar-refractivity contribution in [2.45, 2.75) is 73.1 Å². The number of anilines is 2. The number of piperidine rings is 1. The minimum Gasteiger partial charge on any atom is -0.366 e. The monoisotopic (exact) mass is 775 g/mol. The van der Waals surface area contributed by atoms with Crippen molar-refractivity contribution in [2.24, 2.45) is 17.4 Å². The molecular formula is C39H45N13O5. The van der Waals surface area contributed by atoms with Crippen LogP contribution in [0.2, 0.25) is 0 Å². The molecule has 18 nitrogen and oxygen atoms in total. The van der Waals surface area contributed by atoms with E-state index < -0.39 is 17.7 Å². The van der Waals surface area contributed by atoms with Crippen LogP contribution in [-0.4, -0.2) is 86.2 Å². The number of nitrogens with two attached hydrogens (primary N) is 2. The van der Waals surface area contributed by atoms with Gasteiger partial charge in [0.15, 0.2) is 0 Å². The summed E-state index contributed by atoms with van der Waals surface area (Å²) >= 11 is 0. The quantitative estimate of drug-likeness (QED) is 0.134. The molecule has 6 aromatic rings. The van der Waals surface area contributed by atoms with Crippen LogP contribution in [0.25, 0.3) is 22.1 Å². The number of amides is 5. The van der Waals surface area contributed by atoms with Crippen LogP contribution in [0.4, 0.5) is 11.9 Å². The summed E-state index contributed by atoms with van der Waals surface area (Å²) < 4.78 is 6.81. The van der Waals surface area contributed by atoms with E-state index in [1.807, 2.05) is 30.2 Å². The van der Waals surface area contributed by atoms with Crippen molar-refractivity contribution in [3.63, 3.8) is 0 Å². The summed E-state index contributed by atoms with van der Waals surface area (Å²) in [4.78, 5) is 75.7. The van der Waals surface area contributed by atoms with Crippen LogP contribution in [0.3, 0.4) is 0 Å². The van der Waals surface area contributed by atoms with Crippen LogP contribution < -0.4 is 22.1 Å². The van der Waals surface area contributed by atoms with Gasteiger partial charge < -0.3 is 25.5 Å². The standard InChI is InChI=1S/C39H45N13O5/c1-5-51-31(17-22(3)46-51)36(56)44-38-42-27-19-25(34(40)54)7-9-29(27)49(38)16-13-24-11-14-48(15-12-24)33(53)21-50-30-10-8-26(35(41)55)20-28(30)43-39(50)45-37(57)32-18-23(4)47-52(32)6-2/h7-10,17-20,24H,5-6,11-16,21H2,1-4H3,(H2,40,54)(H2,41,55)(H,42,44,56)(H,43,45,57). The molecule has 6 N–H and O–H groups in total. The first-order valence-corrected chi connectivity index (χ1v) is 18.9. The Labute approximate surface area is 327 Å². The highest BCUT2D eigenvalue weighted by Crippen LogP contribution is 2.28. The first kappa shape index (κ1) is 38.4. The maximum absolute atomic E-state index is 13.9. The molecule has 0 unspecified atom stereocenters. The van der Waals surface area contributed by atoms with E-state index in [2.05, 4.69) is 30.8 Å². The molecule has 0 radical (unpaired) electrons. The fourth-order valence-electron chi connectivity index (χ4n) is 7.43. The average molecular weight is 776 g/mol. The minimum atomic E-state index is -0.618. The third-order valence-electron chi connectivity index (χ3n) is 10.4. The van der Waals surface area contributed by atoms with Crippen LogP contribution in [0.5, 0.6) is 0 Å². The van der Waals surface area contributed by atoms with Crippen LogP contribution in [0, 0.1) is 19.8 Å². The highest BCUT2D eigenvalue weighted by Gasteiger charge is 2.27. The molecule has 0 saturated carbocycles. The van der Waals surface area contributed by atoms with Gasteiger partial charge in [0, 0.05) is 43.9 Å². The third-order valence-corrected chi connectivity index (χ3v) is 10.4. The lowest BCUT2D eigenvalue weighted by Crippen LogP contribution is -2.40. The van der Waals surface area contributed by atoms with Crippen LogP contribution in [-0.2, 0) is 31.0 Å². The average Bonchev–Trinajstić information content (AvgIpc) is 3.95. The van der Waals surface area contributed by atoms with Crippen molar-refractivity contribution >= 4 is 63.5 Å². The molecule has 1 aliphatic heterocycles. The molecule has 296 valence electrons. The Morgan fingerprint density at radius 2 is 1.18 bits per heavy atom. The van der Waals surface area contributed by atoms with E-state index >= 15 is 0 Å². The lowest BCUT2D eigenvalue weighted by atomic mass is 9.93. The van der Waals surface area contributed by atoms with Gasteiger partial charge in [-0.25, -0.2) is 9.97 Å². The zero-order valence-corrected chi connectivity index (χ0v) is 32.3. The molecule has 4 aromatic heterocycles. The van der Waals surface area contributed by atoms with Gasteiger partial charge >= 0.3 is 0 Å². The fourth-order valence-corrected chi connectivity index (χ4v) is 7.43. The zero-order valence-electron chi connectivity index (χ0n) is 32.3. The Hall–Kier alpha value is -6.85. The summed E-state index contributed by atoms with van der Waals surface area (Å²) in [5.41, 5.74) is 16.1. The van der Waals surface area contributed by atoms with E-state index in [0.717, 1.165) is 30.5 Å². The highest BCUT2D eigenvalue weighted by atomic mass is 16.2. The summed E-state index contributed by atoms with van der Waals surface area (Å²) in [5.74, 6) is -1.33. The largest absolute Gasteiger partial charge is 0.366 e. The summed E-state index contributed by atoms with van der Waals surface area (Å²) in [6.45, 7) is 9.92. The summed E-state index contributed by atoms with van der Waals surface area (Å²) in [6, 6.07) is 13.2. The third kappa shape index (κ3) is 7.83. The zero-order chi connectivity index (χ0) is 40.5. The van der Waals surface area contributed by atoms with Gasteiger partial charge in [0.05, 0.1) is 33.5 Å². The van der Waals surface area contributed by atoms with Crippen molar-refractivity contribution in [2.75, 3.05) is 23.7 Å². The van der Waals surface area contributed by atoms with Crippen molar-refractivity contribution in [3.05, 3.63) is 82.4 Å². The van der Waals surface area contributed by atoms with Crippen LogP contribution in [0.15, 0.2) is 48.5 Å². The number of aromatic nitrogens is 8. The Balaban J connectivity index is 1.05. The molecule has 57 heavy (non-hydrogen) atoms. The number of fused-ring (bicyclic) bond motifs is 2. The van der Waals surface area contributed by atoms with Gasteiger partial charge in [-0.1, -0.05) is 0 Å². The van der Waals surface area contributed by atoms with E-state index in [0.29, 0.717) is 77.9 Å². The smallest absolute Gasteiger partial charge is 0.276 e. The number of benzene rings is 2. The summed E-state index contributed by atoms with van der Waals surface area (Å²) in [6.07, 6.45) is 2.24. The number of likely N-dealkylation sites (tertiary alicyclic amines) is 1. The maximum Gasteiger partial charge on any atom is 0.276 e. The van der Waals surface area contributed by atoms with Crippen molar-refractivity contribution in [1.29, 1.82) is 0 Å². The number of rotatable bonds is 13. The van der Waals surface area contributed by atoms with Gasteiger partial charge in [0.25, 0.3) is 11.8 Å². The molecule has 1 fully saturated rings. The molecule has 5 amide bonds. The predicted molar refractivity (Wildman–Crippen MR) is 212 cm³/mol. The minimum absolute atomic E-state index is 0.0907. The Morgan fingerprint density at radius 3 is 1.65 bits per heavy atom. The number of hydrogen-bond acceptors (Lipinski definition) is 9. The Morgan fingerprint density at radius 1 is 0.702 bits per heavy atom. The van der Waals surface area contributed by atoms with Gasteiger partial charge in [0.1, 0.15) is 17.9 Å². The second kappa shape index (κ2) is 15.7. The Bertz CT molecular complexity index is 2550. The van der Waals surface area contributed by atoms with Crippen LogP contribution >= 0.6 is 0 Å². The lowest BCUT2D eigenvalue weighted by molar-refractivity contribution is -0.133. The number of nitrogens with one attached hydrogen (secondary N) is 2. The number of primary amides is 2. The second-order valence-corrected chi connectivity index (χ2v) is 14.2. The topological polar surface area (TPSA) is 236 Å². The molecule has 0 spiro atoms. The highest BCUT2D eigenvalue weighted by molar-refractivity contribution is 6.04. The van der Waals surface area contributed by atoms with E-state index in [9.17, 15) is 24.0 Å². The Kier molecular flexibility index (Phi) is 10.6. The fraction of sp³-hybridized carbons (Fsp3) is 0.359. The van der Waals surface area contributed by atoms with E-state index in [1.165, 1.54) is 0 Å². The first-order valence-electron chi connectivity index (χ1n) is 18.9. The van der Waals surface area contributed by atoms with Crippen molar-refractivity contribution in [3.8, 4) is 0 Å². The molecule has 5 heterocycles.